The fraction of sp³-hybridized carbons (Fsp3) is 0.286. The fourth-order valence-electron chi connectivity index (χ4n) is 0.767. The lowest BCUT2D eigenvalue weighted by Crippen LogP contribution is -2.24. The second-order valence-corrected chi connectivity index (χ2v) is 3.63. The zero-order chi connectivity index (χ0) is 8.48. The van der Waals surface area contributed by atoms with Crippen molar-refractivity contribution < 1.29 is 15.0 Å². The van der Waals surface area contributed by atoms with E-state index in [1.807, 2.05) is 0 Å². The third-order valence-electron chi connectivity index (χ3n) is 1.44. The van der Waals surface area contributed by atoms with E-state index < -0.39 is 4.51 Å². The van der Waals surface area contributed by atoms with Gasteiger partial charge in [0.2, 0.25) is 0 Å². The van der Waals surface area contributed by atoms with Gasteiger partial charge in [-0.3, -0.25) is 4.79 Å². The van der Waals surface area contributed by atoms with Gasteiger partial charge in [-0.05, 0) is 22.0 Å². The third kappa shape index (κ3) is 1.70. The summed E-state index contributed by atoms with van der Waals surface area (Å²) in [6.45, 7) is 0. The largest absolute Gasteiger partial charge is 0.508 e. The Morgan fingerprint density at radius 1 is 1.73 bits per heavy atom. The molecule has 0 aromatic carbocycles. The highest BCUT2D eigenvalue weighted by Gasteiger charge is 2.29. The highest BCUT2D eigenvalue weighted by Crippen LogP contribution is 2.31. The standard InChI is InChI=1S/C7H7BrO3/c8-7(11)2-1-5(4-9)3-6(7)10/h1,3-4,10-11H,2H2. The molecule has 0 bridgehead atoms. The van der Waals surface area contributed by atoms with Crippen LogP contribution in [0.3, 0.4) is 0 Å². The van der Waals surface area contributed by atoms with E-state index in [1.165, 1.54) is 6.08 Å². The minimum atomic E-state index is -1.39. The number of carbonyl (C=O) groups excluding carboxylic acids is 1. The Morgan fingerprint density at radius 3 is 2.82 bits per heavy atom. The van der Waals surface area contributed by atoms with Crippen LogP contribution in [-0.2, 0) is 4.79 Å². The van der Waals surface area contributed by atoms with Crippen molar-refractivity contribution in [3.05, 3.63) is 23.5 Å². The van der Waals surface area contributed by atoms with Gasteiger partial charge in [-0.25, -0.2) is 0 Å². The highest BCUT2D eigenvalue weighted by molar-refractivity contribution is 9.10. The van der Waals surface area contributed by atoms with Gasteiger partial charge in [0, 0.05) is 12.0 Å². The second-order valence-electron chi connectivity index (χ2n) is 2.32. The van der Waals surface area contributed by atoms with E-state index in [0.29, 0.717) is 11.9 Å². The number of alkyl halides is 1. The van der Waals surface area contributed by atoms with Crippen LogP contribution in [0, 0.1) is 0 Å². The Kier molecular flexibility index (Phi) is 2.15. The van der Waals surface area contributed by atoms with Crippen LogP contribution in [0.2, 0.25) is 0 Å². The molecule has 1 atom stereocenters. The summed E-state index contributed by atoms with van der Waals surface area (Å²) in [5.41, 5.74) is 0.381. The number of allylic oxidation sites excluding steroid dienone is 2. The molecule has 0 fully saturated rings. The molecule has 4 heteroatoms. The monoisotopic (exact) mass is 218 g/mol. The number of hydrogen-bond donors (Lipinski definition) is 2. The van der Waals surface area contributed by atoms with Crippen molar-refractivity contribution in [2.75, 3.05) is 0 Å². The lowest BCUT2D eigenvalue weighted by molar-refractivity contribution is -0.104. The quantitative estimate of drug-likeness (QED) is 0.511. The summed E-state index contributed by atoms with van der Waals surface area (Å²) >= 11 is 2.89. The van der Waals surface area contributed by atoms with E-state index in [9.17, 15) is 9.90 Å². The van der Waals surface area contributed by atoms with Gasteiger partial charge in [0.1, 0.15) is 12.0 Å². The molecule has 1 rings (SSSR count). The fourth-order valence-corrected chi connectivity index (χ4v) is 1.04. The van der Waals surface area contributed by atoms with Gasteiger partial charge in [-0.15, -0.1) is 0 Å². The van der Waals surface area contributed by atoms with Crippen molar-refractivity contribution in [1.82, 2.24) is 0 Å². The molecular weight excluding hydrogens is 212 g/mol. The summed E-state index contributed by atoms with van der Waals surface area (Å²) in [6, 6.07) is 0. The van der Waals surface area contributed by atoms with Crippen LogP contribution in [0.15, 0.2) is 23.5 Å². The lowest BCUT2D eigenvalue weighted by atomic mass is 10.0. The van der Waals surface area contributed by atoms with Gasteiger partial charge in [-0.2, -0.15) is 0 Å². The number of aldehydes is 1. The Labute approximate surface area is 72.2 Å². The number of rotatable bonds is 1. The maximum atomic E-state index is 10.2. The van der Waals surface area contributed by atoms with Crippen LogP contribution in [0.25, 0.3) is 0 Å². The van der Waals surface area contributed by atoms with Crippen LogP contribution < -0.4 is 0 Å². The van der Waals surface area contributed by atoms with E-state index >= 15 is 0 Å². The maximum Gasteiger partial charge on any atom is 0.180 e. The van der Waals surface area contributed by atoms with Gasteiger partial charge in [0.05, 0.1) is 0 Å². The van der Waals surface area contributed by atoms with Gasteiger partial charge in [-0.1, -0.05) is 6.08 Å². The molecule has 3 nitrogen and oxygen atoms in total. The molecule has 0 amide bonds. The summed E-state index contributed by atoms with van der Waals surface area (Å²) in [7, 11) is 0. The molecular formula is C7H7BrO3. The second kappa shape index (κ2) is 2.79. The molecule has 1 aliphatic carbocycles. The topological polar surface area (TPSA) is 57.5 Å². The Bertz CT molecular complexity index is 240. The maximum absolute atomic E-state index is 10.2. The molecule has 1 unspecified atom stereocenters. The smallest absolute Gasteiger partial charge is 0.180 e. The van der Waals surface area contributed by atoms with Crippen LogP contribution in [-0.4, -0.2) is 21.0 Å². The summed E-state index contributed by atoms with van der Waals surface area (Å²) in [5, 5.41) is 18.4. The predicted molar refractivity (Wildman–Crippen MR) is 43.4 cm³/mol. The van der Waals surface area contributed by atoms with Gasteiger partial charge < -0.3 is 10.2 Å². The SMILES string of the molecule is O=CC1=CCC(O)(Br)C(O)=C1. The van der Waals surface area contributed by atoms with E-state index in [4.69, 9.17) is 5.11 Å². The lowest BCUT2D eigenvalue weighted by Gasteiger charge is -2.21. The minimum absolute atomic E-state index is 0.198. The van der Waals surface area contributed by atoms with E-state index in [-0.39, 0.29) is 12.2 Å². The average molecular weight is 219 g/mol. The average Bonchev–Trinajstić information content (AvgIpc) is 1.95. The van der Waals surface area contributed by atoms with E-state index in [0.717, 1.165) is 0 Å². The Balaban J connectivity index is 2.91. The number of halogens is 1. The molecule has 0 aromatic heterocycles. The number of aliphatic hydroxyl groups is 2. The molecule has 0 radical (unpaired) electrons. The van der Waals surface area contributed by atoms with Crippen LogP contribution >= 0.6 is 15.9 Å². The molecule has 0 saturated heterocycles. The summed E-state index contributed by atoms with van der Waals surface area (Å²) < 4.78 is -1.39. The zero-order valence-electron chi connectivity index (χ0n) is 5.62. The van der Waals surface area contributed by atoms with E-state index in [1.54, 1.807) is 6.08 Å². The minimum Gasteiger partial charge on any atom is -0.508 e. The van der Waals surface area contributed by atoms with Crippen LogP contribution in [0.4, 0.5) is 0 Å². The van der Waals surface area contributed by atoms with Crippen molar-refractivity contribution in [2.45, 2.75) is 10.9 Å². The number of hydrogen-bond acceptors (Lipinski definition) is 3. The normalized spacial score (nSPS) is 30.7. The van der Waals surface area contributed by atoms with Crippen molar-refractivity contribution >= 4 is 22.2 Å². The summed E-state index contributed by atoms with van der Waals surface area (Å²) in [6.07, 6.45) is 3.59. The van der Waals surface area contributed by atoms with Crippen molar-refractivity contribution in [2.24, 2.45) is 0 Å². The molecule has 11 heavy (non-hydrogen) atoms. The molecule has 0 spiro atoms. The van der Waals surface area contributed by atoms with Crippen molar-refractivity contribution in [3.63, 3.8) is 0 Å². The first-order valence-corrected chi connectivity index (χ1v) is 3.83. The molecule has 2 N–H and O–H groups in total. The summed E-state index contributed by atoms with van der Waals surface area (Å²) in [4.78, 5) is 10.2. The molecule has 0 heterocycles. The van der Waals surface area contributed by atoms with Crippen LogP contribution in [0.1, 0.15) is 6.42 Å². The first kappa shape index (κ1) is 8.49. The number of aliphatic hydroxyl groups excluding tert-OH is 1. The molecule has 0 aromatic rings. The van der Waals surface area contributed by atoms with Crippen LogP contribution in [0.5, 0.6) is 0 Å². The Morgan fingerprint density at radius 2 is 2.36 bits per heavy atom. The van der Waals surface area contributed by atoms with Crippen molar-refractivity contribution in [3.8, 4) is 0 Å². The summed E-state index contributed by atoms with van der Waals surface area (Å²) in [5.74, 6) is -0.234. The van der Waals surface area contributed by atoms with Gasteiger partial charge in [0.25, 0.3) is 0 Å². The highest BCUT2D eigenvalue weighted by atomic mass is 79.9. The third-order valence-corrected chi connectivity index (χ3v) is 2.17. The van der Waals surface area contributed by atoms with E-state index in [2.05, 4.69) is 15.9 Å². The first-order chi connectivity index (χ1) is 5.06. The zero-order valence-corrected chi connectivity index (χ0v) is 7.21. The molecule has 60 valence electrons. The molecule has 0 saturated carbocycles. The first-order valence-electron chi connectivity index (χ1n) is 3.04. The Hall–Kier alpha value is -0.610. The van der Waals surface area contributed by atoms with Gasteiger partial charge in [0.15, 0.2) is 4.51 Å². The number of carbonyl (C=O) groups is 1. The molecule has 1 aliphatic rings. The predicted octanol–water partition coefficient (Wildman–Crippen LogP) is 1.04. The van der Waals surface area contributed by atoms with Crippen molar-refractivity contribution in [1.29, 1.82) is 0 Å². The van der Waals surface area contributed by atoms with Gasteiger partial charge >= 0.3 is 0 Å². The molecule has 0 aliphatic heterocycles.